The molecule has 0 bridgehead atoms. The van der Waals surface area contributed by atoms with Crippen LogP contribution in [0.15, 0.2) is 42.5 Å². The SMILES string of the molecule is O=C1C[C@H](C(=O)NCc2ccc3c(c2)OCCO3)c2ccccc2N1. The molecular weight excluding hydrogens is 320 g/mol. The van der Waals surface area contributed by atoms with Crippen LogP contribution in [-0.4, -0.2) is 25.0 Å². The Morgan fingerprint density at radius 1 is 1.12 bits per heavy atom. The minimum absolute atomic E-state index is 0.141. The standard InChI is InChI=1S/C19H18N2O4/c22-18-10-14(13-3-1-2-4-15(13)21-18)19(23)20-11-12-5-6-16-17(9-12)25-8-7-24-16/h1-6,9,14H,7-8,10-11H2,(H,20,23)(H,21,22)/t14-/m0/s1. The molecule has 0 fully saturated rings. The predicted molar refractivity (Wildman–Crippen MR) is 91.7 cm³/mol. The van der Waals surface area contributed by atoms with Crippen LogP contribution in [0, 0.1) is 0 Å². The summed E-state index contributed by atoms with van der Waals surface area (Å²) in [4.78, 5) is 24.5. The van der Waals surface area contributed by atoms with E-state index >= 15 is 0 Å². The minimum Gasteiger partial charge on any atom is -0.486 e. The summed E-state index contributed by atoms with van der Waals surface area (Å²) < 4.78 is 11.1. The van der Waals surface area contributed by atoms with Gasteiger partial charge in [0.25, 0.3) is 0 Å². The summed E-state index contributed by atoms with van der Waals surface area (Å²) >= 11 is 0. The van der Waals surface area contributed by atoms with Gasteiger partial charge in [-0.2, -0.15) is 0 Å². The average Bonchev–Trinajstić information content (AvgIpc) is 2.65. The van der Waals surface area contributed by atoms with Gasteiger partial charge in [-0.15, -0.1) is 0 Å². The molecule has 0 aliphatic carbocycles. The lowest BCUT2D eigenvalue weighted by Crippen LogP contribution is -2.34. The zero-order valence-corrected chi connectivity index (χ0v) is 13.6. The summed E-state index contributed by atoms with van der Waals surface area (Å²) in [5.74, 6) is 0.650. The number of benzene rings is 2. The summed E-state index contributed by atoms with van der Waals surface area (Å²) in [5.41, 5.74) is 2.48. The Hall–Kier alpha value is -3.02. The van der Waals surface area contributed by atoms with Gasteiger partial charge in [-0.3, -0.25) is 9.59 Å². The number of anilines is 1. The third-order valence-electron chi connectivity index (χ3n) is 4.39. The van der Waals surface area contributed by atoms with Crippen LogP contribution in [-0.2, 0) is 16.1 Å². The summed E-state index contributed by atoms with van der Waals surface area (Å²) in [6.45, 7) is 1.44. The highest BCUT2D eigenvalue weighted by Gasteiger charge is 2.30. The molecule has 2 heterocycles. The van der Waals surface area contributed by atoms with E-state index in [2.05, 4.69) is 10.6 Å². The molecule has 0 saturated carbocycles. The summed E-state index contributed by atoms with van der Waals surface area (Å²) in [5, 5.41) is 5.72. The van der Waals surface area contributed by atoms with Crippen LogP contribution in [0.5, 0.6) is 11.5 Å². The van der Waals surface area contributed by atoms with Gasteiger partial charge < -0.3 is 20.1 Å². The van der Waals surface area contributed by atoms with Gasteiger partial charge in [-0.25, -0.2) is 0 Å². The van der Waals surface area contributed by atoms with E-state index < -0.39 is 5.92 Å². The minimum atomic E-state index is -0.470. The molecule has 2 N–H and O–H groups in total. The Labute approximate surface area is 145 Å². The first kappa shape index (κ1) is 15.5. The van der Waals surface area contributed by atoms with E-state index in [1.807, 2.05) is 42.5 Å². The van der Waals surface area contributed by atoms with E-state index in [4.69, 9.17) is 9.47 Å². The quantitative estimate of drug-likeness (QED) is 0.899. The normalized spacial score (nSPS) is 18.1. The first-order valence-corrected chi connectivity index (χ1v) is 8.26. The van der Waals surface area contributed by atoms with E-state index in [-0.39, 0.29) is 18.2 Å². The van der Waals surface area contributed by atoms with E-state index in [0.717, 1.165) is 16.9 Å². The summed E-state index contributed by atoms with van der Waals surface area (Å²) in [7, 11) is 0. The zero-order chi connectivity index (χ0) is 17.2. The fourth-order valence-electron chi connectivity index (χ4n) is 3.16. The van der Waals surface area contributed by atoms with Crippen LogP contribution in [0.1, 0.15) is 23.5 Å². The average molecular weight is 338 g/mol. The van der Waals surface area contributed by atoms with Gasteiger partial charge in [0.05, 0.1) is 5.92 Å². The molecule has 2 aromatic carbocycles. The van der Waals surface area contributed by atoms with Crippen molar-refractivity contribution in [2.24, 2.45) is 0 Å². The zero-order valence-electron chi connectivity index (χ0n) is 13.6. The van der Waals surface area contributed by atoms with Gasteiger partial charge in [0, 0.05) is 18.7 Å². The van der Waals surface area contributed by atoms with Crippen molar-refractivity contribution in [3.8, 4) is 11.5 Å². The molecule has 0 aromatic heterocycles. The van der Waals surface area contributed by atoms with Crippen LogP contribution < -0.4 is 20.1 Å². The van der Waals surface area contributed by atoms with Gasteiger partial charge in [0.1, 0.15) is 13.2 Å². The maximum Gasteiger partial charge on any atom is 0.228 e. The highest BCUT2D eigenvalue weighted by atomic mass is 16.6. The molecule has 128 valence electrons. The maximum atomic E-state index is 12.6. The van der Waals surface area contributed by atoms with E-state index in [1.165, 1.54) is 0 Å². The van der Waals surface area contributed by atoms with Crippen LogP contribution in [0.2, 0.25) is 0 Å². The van der Waals surface area contributed by atoms with Crippen LogP contribution in [0.25, 0.3) is 0 Å². The lowest BCUT2D eigenvalue weighted by Gasteiger charge is -2.25. The van der Waals surface area contributed by atoms with Gasteiger partial charge in [-0.1, -0.05) is 24.3 Å². The van der Waals surface area contributed by atoms with Crippen LogP contribution in [0.3, 0.4) is 0 Å². The van der Waals surface area contributed by atoms with Crippen molar-refractivity contribution in [3.05, 3.63) is 53.6 Å². The number of rotatable bonds is 3. The fourth-order valence-corrected chi connectivity index (χ4v) is 3.16. The maximum absolute atomic E-state index is 12.6. The third kappa shape index (κ3) is 3.15. The molecule has 6 heteroatoms. The van der Waals surface area contributed by atoms with E-state index in [1.54, 1.807) is 0 Å². The number of para-hydroxylation sites is 1. The summed E-state index contributed by atoms with van der Waals surface area (Å²) in [6.07, 6.45) is 0.157. The Morgan fingerprint density at radius 2 is 1.92 bits per heavy atom. The molecule has 0 radical (unpaired) electrons. The van der Waals surface area contributed by atoms with Gasteiger partial charge >= 0.3 is 0 Å². The molecule has 25 heavy (non-hydrogen) atoms. The number of carbonyl (C=O) groups excluding carboxylic acids is 2. The highest BCUT2D eigenvalue weighted by molar-refractivity contribution is 6.01. The Kier molecular flexibility index (Phi) is 4.01. The third-order valence-corrected chi connectivity index (χ3v) is 4.39. The number of nitrogens with one attached hydrogen (secondary N) is 2. The molecule has 2 aliphatic heterocycles. The molecule has 2 aromatic rings. The lowest BCUT2D eigenvalue weighted by atomic mass is 9.90. The van der Waals surface area contributed by atoms with Crippen molar-refractivity contribution in [2.75, 3.05) is 18.5 Å². The second-order valence-corrected chi connectivity index (χ2v) is 6.09. The highest BCUT2D eigenvalue weighted by Crippen LogP contribution is 2.33. The predicted octanol–water partition coefficient (Wildman–Crippen LogP) is 2.20. The van der Waals surface area contributed by atoms with Crippen LogP contribution in [0.4, 0.5) is 5.69 Å². The molecule has 6 nitrogen and oxygen atoms in total. The first-order valence-electron chi connectivity index (χ1n) is 8.26. The van der Waals surface area contributed by atoms with E-state index in [9.17, 15) is 9.59 Å². The molecule has 2 amide bonds. The molecule has 4 rings (SSSR count). The van der Waals surface area contributed by atoms with Crippen LogP contribution >= 0.6 is 0 Å². The number of amides is 2. The number of ether oxygens (including phenoxy) is 2. The van der Waals surface area contributed by atoms with Gasteiger partial charge in [-0.05, 0) is 29.3 Å². The number of carbonyl (C=O) groups is 2. The Balaban J connectivity index is 1.47. The van der Waals surface area contributed by atoms with Gasteiger partial charge in [0.2, 0.25) is 11.8 Å². The smallest absolute Gasteiger partial charge is 0.228 e. The van der Waals surface area contributed by atoms with Crippen molar-refractivity contribution < 1.29 is 19.1 Å². The van der Waals surface area contributed by atoms with Gasteiger partial charge in [0.15, 0.2) is 11.5 Å². The molecular formula is C19H18N2O4. The van der Waals surface area contributed by atoms with Crippen molar-refractivity contribution in [1.82, 2.24) is 5.32 Å². The number of hydrogen-bond donors (Lipinski definition) is 2. The second kappa shape index (κ2) is 6.47. The monoisotopic (exact) mass is 338 g/mol. The molecule has 2 aliphatic rings. The fraction of sp³-hybridized carbons (Fsp3) is 0.263. The molecule has 0 saturated heterocycles. The van der Waals surface area contributed by atoms with E-state index in [0.29, 0.717) is 31.2 Å². The van der Waals surface area contributed by atoms with Crippen molar-refractivity contribution >= 4 is 17.5 Å². The molecule has 1 atom stereocenters. The lowest BCUT2D eigenvalue weighted by molar-refractivity contribution is -0.126. The Morgan fingerprint density at radius 3 is 2.80 bits per heavy atom. The topological polar surface area (TPSA) is 76.7 Å². The molecule has 0 spiro atoms. The van der Waals surface area contributed by atoms with Crippen molar-refractivity contribution in [1.29, 1.82) is 0 Å². The number of hydrogen-bond acceptors (Lipinski definition) is 4. The number of fused-ring (bicyclic) bond motifs is 2. The summed E-state index contributed by atoms with van der Waals surface area (Å²) in [6, 6.07) is 13.0. The Bertz CT molecular complexity index is 834. The van der Waals surface area contributed by atoms with Crippen molar-refractivity contribution in [2.45, 2.75) is 18.9 Å². The van der Waals surface area contributed by atoms with Crippen molar-refractivity contribution in [3.63, 3.8) is 0 Å². The first-order chi connectivity index (χ1) is 12.2. The second-order valence-electron chi connectivity index (χ2n) is 6.09. The largest absolute Gasteiger partial charge is 0.486 e. The molecule has 0 unspecified atom stereocenters.